The Morgan fingerprint density at radius 2 is 1.94 bits per heavy atom. The van der Waals surface area contributed by atoms with Gasteiger partial charge in [-0.3, -0.25) is 4.79 Å². The van der Waals surface area contributed by atoms with Gasteiger partial charge in [-0.05, 0) is 24.0 Å². The number of aromatic hydroxyl groups is 2. The van der Waals surface area contributed by atoms with Crippen molar-refractivity contribution in [3.8, 4) is 11.5 Å². The molecule has 0 bridgehead atoms. The molecular weight excluding hydrogens is 218 g/mol. The maximum absolute atomic E-state index is 11.8. The van der Waals surface area contributed by atoms with E-state index >= 15 is 0 Å². The van der Waals surface area contributed by atoms with Crippen molar-refractivity contribution in [1.29, 1.82) is 0 Å². The summed E-state index contributed by atoms with van der Waals surface area (Å²) in [5.41, 5.74) is 0.0981. The van der Waals surface area contributed by atoms with Crippen LogP contribution in [0.2, 0.25) is 0 Å². The van der Waals surface area contributed by atoms with Crippen molar-refractivity contribution in [2.75, 3.05) is 6.54 Å². The lowest BCUT2D eigenvalue weighted by Gasteiger charge is -2.16. The zero-order chi connectivity index (χ0) is 13.0. The van der Waals surface area contributed by atoms with Crippen molar-refractivity contribution < 1.29 is 15.0 Å². The number of phenols is 2. The van der Waals surface area contributed by atoms with E-state index in [1.54, 1.807) is 0 Å². The molecule has 4 heteroatoms. The summed E-state index contributed by atoms with van der Waals surface area (Å²) in [4.78, 5) is 11.8. The summed E-state index contributed by atoms with van der Waals surface area (Å²) in [5, 5.41) is 21.6. The van der Waals surface area contributed by atoms with Crippen molar-refractivity contribution in [2.45, 2.75) is 20.8 Å². The number of amides is 1. The van der Waals surface area contributed by atoms with E-state index in [4.69, 9.17) is 0 Å². The molecule has 0 aliphatic rings. The third-order valence-corrected chi connectivity index (χ3v) is 2.98. The third-order valence-electron chi connectivity index (χ3n) is 2.98. The molecule has 0 radical (unpaired) electrons. The smallest absolute Gasteiger partial charge is 0.255 e. The van der Waals surface area contributed by atoms with E-state index in [1.807, 2.05) is 6.92 Å². The Kier molecular flexibility index (Phi) is 4.37. The summed E-state index contributed by atoms with van der Waals surface area (Å²) in [6.07, 6.45) is 0. The minimum atomic E-state index is -0.373. The largest absolute Gasteiger partial charge is 0.504 e. The molecule has 0 aromatic heterocycles. The van der Waals surface area contributed by atoms with Gasteiger partial charge in [-0.2, -0.15) is 0 Å². The highest BCUT2D eigenvalue weighted by Crippen LogP contribution is 2.27. The predicted octanol–water partition coefficient (Wildman–Crippen LogP) is 2.12. The summed E-state index contributed by atoms with van der Waals surface area (Å²) in [7, 11) is 0. The predicted molar refractivity (Wildman–Crippen MR) is 66.1 cm³/mol. The number of benzene rings is 1. The van der Waals surface area contributed by atoms with Crippen LogP contribution in [-0.2, 0) is 0 Å². The molecule has 1 rings (SSSR count). The molecule has 94 valence electrons. The second-order valence-corrected chi connectivity index (χ2v) is 4.60. The third kappa shape index (κ3) is 3.37. The second kappa shape index (κ2) is 5.57. The molecule has 0 spiro atoms. The first-order valence-electron chi connectivity index (χ1n) is 5.72. The molecule has 0 saturated carbocycles. The fraction of sp³-hybridized carbons (Fsp3) is 0.462. The standard InChI is InChI=1S/C13H19NO3/c1-8(2)9(3)7-14-13(17)10-5-4-6-11(15)12(10)16/h4-6,8-9,15-16H,7H2,1-3H3,(H,14,17). The number of carbonyl (C=O) groups excluding carboxylic acids is 1. The zero-order valence-corrected chi connectivity index (χ0v) is 10.4. The van der Waals surface area contributed by atoms with Gasteiger partial charge in [-0.25, -0.2) is 0 Å². The Bertz CT molecular complexity index is 402. The number of carbonyl (C=O) groups is 1. The fourth-order valence-corrected chi connectivity index (χ4v) is 1.30. The van der Waals surface area contributed by atoms with Crippen molar-refractivity contribution >= 4 is 5.91 Å². The number of nitrogens with one attached hydrogen (secondary N) is 1. The van der Waals surface area contributed by atoms with Crippen molar-refractivity contribution in [1.82, 2.24) is 5.32 Å². The Morgan fingerprint density at radius 1 is 1.29 bits per heavy atom. The molecule has 1 aromatic carbocycles. The summed E-state index contributed by atoms with van der Waals surface area (Å²) >= 11 is 0. The van der Waals surface area contributed by atoms with Gasteiger partial charge in [0.05, 0.1) is 5.56 Å². The maximum Gasteiger partial charge on any atom is 0.255 e. The van der Waals surface area contributed by atoms with E-state index in [0.717, 1.165) is 0 Å². The Labute approximate surface area is 101 Å². The first kappa shape index (κ1) is 13.4. The van der Waals surface area contributed by atoms with Crippen LogP contribution in [0.1, 0.15) is 31.1 Å². The van der Waals surface area contributed by atoms with Crippen LogP contribution in [0.25, 0.3) is 0 Å². The Balaban J connectivity index is 2.68. The van der Waals surface area contributed by atoms with E-state index in [9.17, 15) is 15.0 Å². The van der Waals surface area contributed by atoms with Gasteiger partial charge >= 0.3 is 0 Å². The van der Waals surface area contributed by atoms with E-state index in [1.165, 1.54) is 18.2 Å². The van der Waals surface area contributed by atoms with Crippen LogP contribution in [0.15, 0.2) is 18.2 Å². The molecule has 1 amide bonds. The second-order valence-electron chi connectivity index (χ2n) is 4.60. The zero-order valence-electron chi connectivity index (χ0n) is 10.4. The van der Waals surface area contributed by atoms with Crippen LogP contribution in [0.4, 0.5) is 0 Å². The van der Waals surface area contributed by atoms with Gasteiger partial charge in [0.2, 0.25) is 0 Å². The highest BCUT2D eigenvalue weighted by atomic mass is 16.3. The van der Waals surface area contributed by atoms with Crippen LogP contribution in [0, 0.1) is 11.8 Å². The topological polar surface area (TPSA) is 69.6 Å². The molecule has 4 nitrogen and oxygen atoms in total. The maximum atomic E-state index is 11.8. The minimum absolute atomic E-state index is 0.0981. The first-order chi connectivity index (χ1) is 7.93. The molecule has 1 atom stereocenters. The molecule has 3 N–H and O–H groups in total. The van der Waals surface area contributed by atoms with Crippen molar-refractivity contribution in [3.05, 3.63) is 23.8 Å². The SMILES string of the molecule is CC(C)C(C)CNC(=O)c1cccc(O)c1O. The van der Waals surface area contributed by atoms with E-state index in [-0.39, 0.29) is 23.0 Å². The average molecular weight is 237 g/mol. The van der Waals surface area contributed by atoms with Crippen LogP contribution >= 0.6 is 0 Å². The van der Waals surface area contributed by atoms with Gasteiger partial charge in [0, 0.05) is 6.54 Å². The molecule has 0 aliphatic carbocycles. The highest BCUT2D eigenvalue weighted by Gasteiger charge is 2.15. The average Bonchev–Trinajstić information content (AvgIpc) is 2.29. The molecule has 0 saturated heterocycles. The molecule has 0 heterocycles. The number of hydrogen-bond donors (Lipinski definition) is 3. The summed E-state index contributed by atoms with van der Waals surface area (Å²) < 4.78 is 0. The molecule has 1 aromatic rings. The highest BCUT2D eigenvalue weighted by molar-refractivity contribution is 5.97. The van der Waals surface area contributed by atoms with Gasteiger partial charge in [0.15, 0.2) is 11.5 Å². The fourth-order valence-electron chi connectivity index (χ4n) is 1.30. The monoisotopic (exact) mass is 237 g/mol. The minimum Gasteiger partial charge on any atom is -0.504 e. The number of rotatable bonds is 4. The summed E-state index contributed by atoms with van der Waals surface area (Å²) in [6, 6.07) is 4.34. The van der Waals surface area contributed by atoms with E-state index in [0.29, 0.717) is 18.4 Å². The first-order valence-corrected chi connectivity index (χ1v) is 5.72. The van der Waals surface area contributed by atoms with E-state index < -0.39 is 0 Å². The lowest BCUT2D eigenvalue weighted by atomic mass is 9.98. The Morgan fingerprint density at radius 3 is 2.53 bits per heavy atom. The van der Waals surface area contributed by atoms with Gasteiger partial charge in [0.1, 0.15) is 0 Å². The number of para-hydroxylation sites is 1. The van der Waals surface area contributed by atoms with Gasteiger partial charge in [-0.15, -0.1) is 0 Å². The molecule has 1 unspecified atom stereocenters. The van der Waals surface area contributed by atoms with Gasteiger partial charge in [-0.1, -0.05) is 26.8 Å². The number of hydrogen-bond acceptors (Lipinski definition) is 3. The lowest BCUT2D eigenvalue weighted by molar-refractivity contribution is 0.0941. The van der Waals surface area contributed by atoms with Crippen molar-refractivity contribution in [2.24, 2.45) is 11.8 Å². The number of phenolic OH excluding ortho intramolecular Hbond substituents is 2. The quantitative estimate of drug-likeness (QED) is 0.702. The molecule has 0 aliphatic heterocycles. The Hall–Kier alpha value is -1.71. The van der Waals surface area contributed by atoms with Gasteiger partial charge < -0.3 is 15.5 Å². The van der Waals surface area contributed by atoms with Crippen LogP contribution in [0.5, 0.6) is 11.5 Å². The normalized spacial score (nSPS) is 12.5. The summed E-state index contributed by atoms with van der Waals surface area (Å²) in [6.45, 7) is 6.77. The van der Waals surface area contributed by atoms with Crippen LogP contribution in [-0.4, -0.2) is 22.7 Å². The van der Waals surface area contributed by atoms with E-state index in [2.05, 4.69) is 19.2 Å². The lowest BCUT2D eigenvalue weighted by Crippen LogP contribution is -2.30. The van der Waals surface area contributed by atoms with Crippen LogP contribution in [0.3, 0.4) is 0 Å². The van der Waals surface area contributed by atoms with Crippen LogP contribution < -0.4 is 5.32 Å². The molecule has 17 heavy (non-hydrogen) atoms. The van der Waals surface area contributed by atoms with Crippen molar-refractivity contribution in [3.63, 3.8) is 0 Å². The molecular formula is C13H19NO3. The molecule has 0 fully saturated rings. The summed E-state index contributed by atoms with van der Waals surface area (Å²) in [5.74, 6) is -0.186. The van der Waals surface area contributed by atoms with Gasteiger partial charge in [0.25, 0.3) is 5.91 Å².